The van der Waals surface area contributed by atoms with Gasteiger partial charge in [0.25, 0.3) is 0 Å². The van der Waals surface area contributed by atoms with Gasteiger partial charge in [0, 0.05) is 12.3 Å². The molecule has 156 valence electrons. The third kappa shape index (κ3) is 6.13. The van der Waals surface area contributed by atoms with Crippen LogP contribution in [0, 0.1) is 0 Å². The van der Waals surface area contributed by atoms with Crippen LogP contribution >= 0.6 is 15.9 Å². The number of methoxy groups -OCH3 is 1. The Balaban J connectivity index is 1.75. The zero-order valence-corrected chi connectivity index (χ0v) is 18.1. The first-order chi connectivity index (χ1) is 15.0. The third-order valence-electron chi connectivity index (χ3n) is 4.14. The zero-order chi connectivity index (χ0) is 22.2. The van der Waals surface area contributed by atoms with Crippen molar-refractivity contribution in [2.24, 2.45) is 4.99 Å². The molecule has 0 aliphatic rings. The van der Waals surface area contributed by atoms with Crippen molar-refractivity contribution < 1.29 is 24.2 Å². The van der Waals surface area contributed by atoms with Crippen molar-refractivity contribution in [2.75, 3.05) is 7.11 Å². The molecule has 6 nitrogen and oxygen atoms in total. The molecule has 1 N–H and O–H groups in total. The Bertz CT molecular complexity index is 1140. The highest BCUT2D eigenvalue weighted by Gasteiger charge is 2.14. The quantitative estimate of drug-likeness (QED) is 0.208. The number of benzene rings is 3. The number of carboxylic acid groups (broad SMARTS) is 1. The monoisotopic (exact) mass is 479 g/mol. The van der Waals surface area contributed by atoms with E-state index in [2.05, 4.69) is 20.9 Å². The van der Waals surface area contributed by atoms with Gasteiger partial charge in [-0.25, -0.2) is 9.59 Å². The van der Waals surface area contributed by atoms with Gasteiger partial charge in [-0.2, -0.15) is 0 Å². The van der Waals surface area contributed by atoms with Crippen LogP contribution in [0.4, 0.5) is 5.69 Å². The smallest absolute Gasteiger partial charge is 0.336 e. The summed E-state index contributed by atoms with van der Waals surface area (Å²) in [5.74, 6) is -0.914. The molecule has 0 aliphatic heterocycles. The number of aromatic carboxylic acids is 1. The average molecular weight is 480 g/mol. The SMILES string of the molecule is COc1cc(C=Nc2ccc(C(=O)O)cc2)cc(Br)c1OC(=O)C=Cc1ccccc1. The first-order valence-corrected chi connectivity index (χ1v) is 9.95. The molecule has 0 heterocycles. The molecular weight excluding hydrogens is 462 g/mol. The number of halogens is 1. The summed E-state index contributed by atoms with van der Waals surface area (Å²) in [4.78, 5) is 27.5. The summed E-state index contributed by atoms with van der Waals surface area (Å²) in [5.41, 5.74) is 2.37. The number of aliphatic imine (C=N–C) groups is 1. The minimum absolute atomic E-state index is 0.191. The fraction of sp³-hybridized carbons (Fsp3) is 0.0417. The number of carboxylic acids is 1. The van der Waals surface area contributed by atoms with Crippen LogP contribution in [-0.4, -0.2) is 30.4 Å². The summed E-state index contributed by atoms with van der Waals surface area (Å²) in [6.07, 6.45) is 4.61. The Labute approximate surface area is 187 Å². The van der Waals surface area contributed by atoms with Gasteiger partial charge in [-0.3, -0.25) is 4.99 Å². The fourth-order valence-corrected chi connectivity index (χ4v) is 3.16. The number of ether oxygens (including phenoxy) is 2. The lowest BCUT2D eigenvalue weighted by Gasteiger charge is -2.11. The van der Waals surface area contributed by atoms with Crippen LogP contribution in [0.5, 0.6) is 11.5 Å². The molecule has 3 aromatic carbocycles. The Morgan fingerprint density at radius 3 is 2.35 bits per heavy atom. The average Bonchev–Trinajstić information content (AvgIpc) is 2.78. The predicted octanol–water partition coefficient (Wildman–Crippen LogP) is 5.53. The summed E-state index contributed by atoms with van der Waals surface area (Å²) < 4.78 is 11.3. The van der Waals surface area contributed by atoms with E-state index < -0.39 is 11.9 Å². The maximum absolute atomic E-state index is 12.2. The number of hydrogen-bond donors (Lipinski definition) is 1. The Morgan fingerprint density at radius 1 is 1.00 bits per heavy atom. The standard InChI is InChI=1S/C24H18BrNO5/c1-30-21-14-17(15-26-19-10-8-18(9-11-19)24(28)29)13-20(25)23(21)31-22(27)12-7-16-5-3-2-4-6-16/h2-15H,1H3,(H,28,29). The van der Waals surface area contributed by atoms with Gasteiger partial charge < -0.3 is 14.6 Å². The van der Waals surface area contributed by atoms with Crippen LogP contribution in [0.25, 0.3) is 6.08 Å². The minimum atomic E-state index is -0.993. The second kappa shape index (κ2) is 10.4. The molecule has 0 radical (unpaired) electrons. The van der Waals surface area contributed by atoms with E-state index in [1.165, 1.54) is 25.3 Å². The van der Waals surface area contributed by atoms with Crippen LogP contribution in [0.3, 0.4) is 0 Å². The van der Waals surface area contributed by atoms with Crippen molar-refractivity contribution in [3.8, 4) is 11.5 Å². The van der Waals surface area contributed by atoms with E-state index in [-0.39, 0.29) is 11.3 Å². The molecule has 0 spiro atoms. The highest BCUT2D eigenvalue weighted by Crippen LogP contribution is 2.36. The van der Waals surface area contributed by atoms with Gasteiger partial charge in [0.1, 0.15) is 0 Å². The molecule has 7 heteroatoms. The lowest BCUT2D eigenvalue weighted by Crippen LogP contribution is -2.06. The summed E-state index contributed by atoms with van der Waals surface area (Å²) in [6, 6.07) is 19.0. The maximum Gasteiger partial charge on any atom is 0.336 e. The van der Waals surface area contributed by atoms with Gasteiger partial charge in [-0.05, 0) is 69.5 Å². The minimum Gasteiger partial charge on any atom is -0.493 e. The molecule has 0 aliphatic carbocycles. The van der Waals surface area contributed by atoms with Crippen molar-refractivity contribution in [1.82, 2.24) is 0 Å². The van der Waals surface area contributed by atoms with Crippen LogP contribution in [0.15, 0.2) is 82.3 Å². The third-order valence-corrected chi connectivity index (χ3v) is 4.73. The number of carbonyl (C=O) groups excluding carboxylic acids is 1. The van der Waals surface area contributed by atoms with Crippen LogP contribution < -0.4 is 9.47 Å². The van der Waals surface area contributed by atoms with Crippen LogP contribution in [-0.2, 0) is 4.79 Å². The molecule has 0 fully saturated rings. The molecule has 0 unspecified atom stereocenters. The van der Waals surface area contributed by atoms with Crippen molar-refractivity contribution >= 4 is 45.8 Å². The molecule has 0 aromatic heterocycles. The van der Waals surface area contributed by atoms with Gasteiger partial charge in [0.2, 0.25) is 0 Å². The van der Waals surface area contributed by atoms with Crippen LogP contribution in [0.2, 0.25) is 0 Å². The van der Waals surface area contributed by atoms with E-state index in [0.29, 0.717) is 21.5 Å². The van der Waals surface area contributed by atoms with Crippen LogP contribution in [0.1, 0.15) is 21.5 Å². The maximum atomic E-state index is 12.2. The Kier molecular flexibility index (Phi) is 7.35. The lowest BCUT2D eigenvalue weighted by atomic mass is 10.2. The molecular formula is C24H18BrNO5. The molecule has 3 aromatic rings. The highest BCUT2D eigenvalue weighted by atomic mass is 79.9. The Morgan fingerprint density at radius 2 is 1.71 bits per heavy atom. The second-order valence-electron chi connectivity index (χ2n) is 6.31. The van der Waals surface area contributed by atoms with E-state index in [4.69, 9.17) is 14.6 Å². The van der Waals surface area contributed by atoms with E-state index in [9.17, 15) is 9.59 Å². The van der Waals surface area contributed by atoms with Gasteiger partial charge in [0.05, 0.1) is 22.8 Å². The van der Waals surface area contributed by atoms with Gasteiger partial charge >= 0.3 is 11.9 Å². The van der Waals surface area contributed by atoms with E-state index in [1.54, 1.807) is 36.6 Å². The van der Waals surface area contributed by atoms with Gasteiger partial charge in [-0.1, -0.05) is 30.3 Å². The molecule has 3 rings (SSSR count). The normalized spacial score (nSPS) is 11.0. The van der Waals surface area contributed by atoms with Gasteiger partial charge in [-0.15, -0.1) is 0 Å². The fourth-order valence-electron chi connectivity index (χ4n) is 2.62. The first-order valence-electron chi connectivity index (χ1n) is 9.16. The van der Waals surface area contributed by atoms with Crippen molar-refractivity contribution in [1.29, 1.82) is 0 Å². The topological polar surface area (TPSA) is 85.2 Å². The van der Waals surface area contributed by atoms with E-state index in [0.717, 1.165) is 5.56 Å². The number of nitrogens with zero attached hydrogens (tertiary/aromatic N) is 1. The Hall–Kier alpha value is -3.71. The first kappa shape index (κ1) is 22.0. The largest absolute Gasteiger partial charge is 0.493 e. The number of carbonyl (C=O) groups is 2. The number of rotatable bonds is 7. The zero-order valence-electron chi connectivity index (χ0n) is 16.5. The van der Waals surface area contributed by atoms with Crippen molar-refractivity contribution in [3.05, 3.63) is 94.0 Å². The molecule has 0 saturated carbocycles. The number of esters is 1. The number of hydrogen-bond acceptors (Lipinski definition) is 5. The van der Waals surface area contributed by atoms with E-state index in [1.807, 2.05) is 30.3 Å². The molecule has 0 amide bonds. The van der Waals surface area contributed by atoms with Crippen molar-refractivity contribution in [2.45, 2.75) is 0 Å². The summed E-state index contributed by atoms with van der Waals surface area (Å²) in [6.45, 7) is 0. The second-order valence-corrected chi connectivity index (χ2v) is 7.16. The van der Waals surface area contributed by atoms with Gasteiger partial charge in [0.15, 0.2) is 11.5 Å². The molecule has 0 atom stereocenters. The van der Waals surface area contributed by atoms with Crippen molar-refractivity contribution in [3.63, 3.8) is 0 Å². The van der Waals surface area contributed by atoms with E-state index >= 15 is 0 Å². The molecule has 0 bridgehead atoms. The summed E-state index contributed by atoms with van der Waals surface area (Å²) >= 11 is 3.41. The lowest BCUT2D eigenvalue weighted by molar-refractivity contribution is -0.129. The summed E-state index contributed by atoms with van der Waals surface area (Å²) in [5, 5.41) is 8.95. The highest BCUT2D eigenvalue weighted by molar-refractivity contribution is 9.10. The predicted molar refractivity (Wildman–Crippen MR) is 122 cm³/mol. The molecule has 31 heavy (non-hydrogen) atoms. The molecule has 0 saturated heterocycles. The summed E-state index contributed by atoms with van der Waals surface area (Å²) in [7, 11) is 1.48.